The highest BCUT2D eigenvalue weighted by molar-refractivity contribution is 5.97. The van der Waals surface area contributed by atoms with E-state index in [1.807, 2.05) is 18.7 Å². The highest BCUT2D eigenvalue weighted by atomic mass is 16.2. The molecule has 1 N–H and O–H groups in total. The summed E-state index contributed by atoms with van der Waals surface area (Å²) >= 11 is 0. The number of amides is 2. The van der Waals surface area contributed by atoms with Crippen LogP contribution in [0.15, 0.2) is 0 Å². The maximum Gasteiger partial charge on any atom is 0.246 e. The van der Waals surface area contributed by atoms with Crippen LogP contribution in [0.25, 0.3) is 0 Å². The summed E-state index contributed by atoms with van der Waals surface area (Å²) in [5.74, 6) is 0.653. The largest absolute Gasteiger partial charge is 0.342 e. The maximum atomic E-state index is 12.5. The van der Waals surface area contributed by atoms with E-state index in [1.165, 1.54) is 0 Å². The molecule has 0 aromatic rings. The van der Waals surface area contributed by atoms with Gasteiger partial charge in [-0.15, -0.1) is 0 Å². The van der Waals surface area contributed by atoms with Gasteiger partial charge in [0.2, 0.25) is 11.8 Å². The highest BCUT2D eigenvalue weighted by Crippen LogP contribution is 2.21. The molecule has 1 heterocycles. The van der Waals surface area contributed by atoms with Crippen molar-refractivity contribution in [3.05, 3.63) is 0 Å². The van der Waals surface area contributed by atoms with Crippen LogP contribution in [0.4, 0.5) is 0 Å². The van der Waals surface area contributed by atoms with Crippen molar-refractivity contribution >= 4 is 11.8 Å². The molecule has 4 nitrogen and oxygen atoms in total. The number of rotatable bonds is 6. The third-order valence-electron chi connectivity index (χ3n) is 3.64. The van der Waals surface area contributed by atoms with E-state index in [1.54, 1.807) is 0 Å². The molecule has 2 amide bonds. The van der Waals surface area contributed by atoms with E-state index >= 15 is 0 Å². The molecule has 0 bridgehead atoms. The van der Waals surface area contributed by atoms with E-state index in [4.69, 9.17) is 0 Å². The zero-order valence-corrected chi connectivity index (χ0v) is 12.9. The van der Waals surface area contributed by atoms with Gasteiger partial charge in [0.25, 0.3) is 0 Å². The van der Waals surface area contributed by atoms with Crippen molar-refractivity contribution in [1.29, 1.82) is 0 Å². The molecule has 0 aromatic heterocycles. The lowest BCUT2D eigenvalue weighted by Gasteiger charge is -2.41. The van der Waals surface area contributed by atoms with Crippen LogP contribution in [0.3, 0.4) is 0 Å². The highest BCUT2D eigenvalue weighted by Gasteiger charge is 2.41. The Morgan fingerprint density at radius 2 is 1.84 bits per heavy atom. The summed E-state index contributed by atoms with van der Waals surface area (Å²) < 4.78 is 0. The van der Waals surface area contributed by atoms with Gasteiger partial charge in [-0.25, -0.2) is 0 Å². The Bertz CT molecular complexity index is 326. The Kier molecular flexibility index (Phi) is 5.83. The number of carbonyl (C=O) groups is 2. The molecule has 1 aliphatic rings. The van der Waals surface area contributed by atoms with Crippen LogP contribution < -0.4 is 5.32 Å². The summed E-state index contributed by atoms with van der Waals surface area (Å²) in [4.78, 5) is 26.6. The number of hydrogen-bond acceptors (Lipinski definition) is 2. The quantitative estimate of drug-likeness (QED) is 0.802. The molecule has 1 rings (SSSR count). The Morgan fingerprint density at radius 3 is 2.32 bits per heavy atom. The predicted molar refractivity (Wildman–Crippen MR) is 76.6 cm³/mol. The van der Waals surface area contributed by atoms with Crippen molar-refractivity contribution < 1.29 is 9.59 Å². The number of carbonyl (C=O) groups excluding carboxylic acids is 2. The van der Waals surface area contributed by atoms with Crippen molar-refractivity contribution in [2.75, 3.05) is 6.54 Å². The number of nitrogens with zero attached hydrogens (tertiary/aromatic N) is 1. The van der Waals surface area contributed by atoms with E-state index in [9.17, 15) is 9.59 Å². The Balaban J connectivity index is 2.89. The molecular formula is C15H28N2O2. The summed E-state index contributed by atoms with van der Waals surface area (Å²) in [6.45, 7) is 10.9. The number of hydrogen-bond donors (Lipinski definition) is 1. The molecule has 1 fully saturated rings. The molecule has 0 saturated carbocycles. The van der Waals surface area contributed by atoms with Gasteiger partial charge in [-0.2, -0.15) is 0 Å². The zero-order valence-electron chi connectivity index (χ0n) is 12.9. The summed E-state index contributed by atoms with van der Waals surface area (Å²) in [6.07, 6.45) is 2.73. The molecule has 4 heteroatoms. The van der Waals surface area contributed by atoms with Crippen molar-refractivity contribution in [3.8, 4) is 0 Å². The summed E-state index contributed by atoms with van der Waals surface area (Å²) in [5, 5.41) is 2.90. The van der Waals surface area contributed by atoms with E-state index in [0.717, 1.165) is 19.3 Å². The van der Waals surface area contributed by atoms with Crippen molar-refractivity contribution in [3.63, 3.8) is 0 Å². The molecule has 19 heavy (non-hydrogen) atoms. The van der Waals surface area contributed by atoms with Gasteiger partial charge in [0.05, 0.1) is 0 Å². The first-order valence-corrected chi connectivity index (χ1v) is 7.49. The fourth-order valence-electron chi connectivity index (χ4n) is 2.51. The SMILES string of the molecule is CCCCN1C(=O)C(C(C)C)NC(=O)C1CC(C)C. The second-order valence-electron chi connectivity index (χ2n) is 6.26. The molecule has 0 spiro atoms. The van der Waals surface area contributed by atoms with E-state index in [2.05, 4.69) is 26.1 Å². The second-order valence-corrected chi connectivity index (χ2v) is 6.26. The molecule has 110 valence electrons. The van der Waals surface area contributed by atoms with Crippen LogP contribution >= 0.6 is 0 Å². The van der Waals surface area contributed by atoms with Gasteiger partial charge in [-0.05, 0) is 24.7 Å². The number of piperazine rings is 1. The van der Waals surface area contributed by atoms with Crippen molar-refractivity contribution in [2.45, 2.75) is 66.0 Å². The van der Waals surface area contributed by atoms with Crippen LogP contribution in [0.1, 0.15) is 53.9 Å². The Morgan fingerprint density at radius 1 is 1.21 bits per heavy atom. The smallest absolute Gasteiger partial charge is 0.246 e. The summed E-state index contributed by atoms with van der Waals surface area (Å²) in [6, 6.07) is -0.637. The third kappa shape index (κ3) is 3.95. The molecule has 2 unspecified atom stereocenters. The maximum absolute atomic E-state index is 12.5. The molecule has 0 aliphatic carbocycles. The van der Waals surface area contributed by atoms with E-state index in [-0.39, 0.29) is 29.8 Å². The number of unbranched alkanes of at least 4 members (excludes halogenated alkanes) is 1. The first kappa shape index (κ1) is 16.0. The van der Waals surface area contributed by atoms with Gasteiger partial charge >= 0.3 is 0 Å². The molecule has 1 saturated heterocycles. The topological polar surface area (TPSA) is 49.4 Å². The molecule has 0 radical (unpaired) electrons. The van der Waals surface area contributed by atoms with E-state index in [0.29, 0.717) is 12.5 Å². The fraction of sp³-hybridized carbons (Fsp3) is 0.867. The molecule has 0 aromatic carbocycles. The van der Waals surface area contributed by atoms with Crippen molar-refractivity contribution in [2.24, 2.45) is 11.8 Å². The minimum atomic E-state index is -0.354. The molecular weight excluding hydrogens is 240 g/mol. The molecule has 2 atom stereocenters. The van der Waals surface area contributed by atoms with Gasteiger partial charge in [-0.1, -0.05) is 41.0 Å². The standard InChI is InChI=1S/C15H28N2O2/c1-6-7-8-17-12(9-10(2)3)14(18)16-13(11(4)5)15(17)19/h10-13H,6-9H2,1-5H3,(H,16,18). The van der Waals surface area contributed by atoms with Crippen LogP contribution in [0, 0.1) is 11.8 Å². The average Bonchev–Trinajstić information content (AvgIpc) is 2.32. The van der Waals surface area contributed by atoms with Crippen LogP contribution in [-0.2, 0) is 9.59 Å². The van der Waals surface area contributed by atoms with Crippen LogP contribution in [-0.4, -0.2) is 35.3 Å². The summed E-state index contributed by atoms with van der Waals surface area (Å²) in [7, 11) is 0. The normalized spacial score (nSPS) is 24.3. The first-order valence-electron chi connectivity index (χ1n) is 7.49. The van der Waals surface area contributed by atoms with Gasteiger partial charge in [0, 0.05) is 6.54 Å². The lowest BCUT2D eigenvalue weighted by molar-refractivity contribution is -0.151. The fourth-order valence-corrected chi connectivity index (χ4v) is 2.51. The third-order valence-corrected chi connectivity index (χ3v) is 3.64. The number of nitrogens with one attached hydrogen (secondary N) is 1. The molecule has 1 aliphatic heterocycles. The lowest BCUT2D eigenvalue weighted by atomic mass is 9.93. The lowest BCUT2D eigenvalue weighted by Crippen LogP contribution is -2.65. The van der Waals surface area contributed by atoms with Crippen LogP contribution in [0.2, 0.25) is 0 Å². The Labute approximate surface area is 116 Å². The minimum Gasteiger partial charge on any atom is -0.342 e. The van der Waals surface area contributed by atoms with Crippen molar-refractivity contribution in [1.82, 2.24) is 10.2 Å². The zero-order chi connectivity index (χ0) is 14.6. The van der Waals surface area contributed by atoms with Crippen LogP contribution in [0.5, 0.6) is 0 Å². The first-order chi connectivity index (χ1) is 8.88. The van der Waals surface area contributed by atoms with Gasteiger partial charge in [0.15, 0.2) is 0 Å². The van der Waals surface area contributed by atoms with Gasteiger partial charge in [-0.3, -0.25) is 9.59 Å². The summed E-state index contributed by atoms with van der Waals surface area (Å²) in [5.41, 5.74) is 0. The van der Waals surface area contributed by atoms with Gasteiger partial charge < -0.3 is 10.2 Å². The monoisotopic (exact) mass is 268 g/mol. The Hall–Kier alpha value is -1.06. The van der Waals surface area contributed by atoms with E-state index < -0.39 is 0 Å². The van der Waals surface area contributed by atoms with Gasteiger partial charge in [0.1, 0.15) is 12.1 Å². The average molecular weight is 268 g/mol. The minimum absolute atomic E-state index is 0.0168. The predicted octanol–water partition coefficient (Wildman–Crippen LogP) is 2.18. The second kappa shape index (κ2) is 6.92.